The van der Waals surface area contributed by atoms with Gasteiger partial charge >= 0.3 is 5.97 Å². The molecule has 0 radical (unpaired) electrons. The van der Waals surface area contributed by atoms with Crippen LogP contribution in [-0.4, -0.2) is 23.3 Å². The van der Waals surface area contributed by atoms with Crippen LogP contribution in [0, 0.1) is 11.2 Å². The topological polar surface area (TPSA) is 85.9 Å². The maximum Gasteiger partial charge on any atom is 0.336 e. The number of carboxylic acids is 1. The summed E-state index contributed by atoms with van der Waals surface area (Å²) >= 11 is 0. The standard InChI is InChI=1S/C9H8FN3O2/c10-6-1-3-7(4-2-6)12-13-8(5-11)9(14)15/h1-5,8,11H,(H,14,15). The molecule has 0 aromatic heterocycles. The summed E-state index contributed by atoms with van der Waals surface area (Å²) in [5.74, 6) is -1.66. The van der Waals surface area contributed by atoms with Crippen LogP contribution >= 0.6 is 0 Å². The summed E-state index contributed by atoms with van der Waals surface area (Å²) in [5, 5.41) is 22.3. The lowest BCUT2D eigenvalue weighted by molar-refractivity contribution is -0.136. The Labute approximate surface area is 84.8 Å². The summed E-state index contributed by atoms with van der Waals surface area (Å²) < 4.78 is 12.5. The van der Waals surface area contributed by atoms with E-state index in [1.54, 1.807) is 0 Å². The number of rotatable bonds is 4. The molecule has 1 aromatic carbocycles. The number of nitrogens with zero attached hydrogens (tertiary/aromatic N) is 2. The molecule has 0 saturated heterocycles. The Kier molecular flexibility index (Phi) is 3.61. The smallest absolute Gasteiger partial charge is 0.336 e. The minimum atomic E-state index is -1.30. The largest absolute Gasteiger partial charge is 0.479 e. The second kappa shape index (κ2) is 4.94. The van der Waals surface area contributed by atoms with Crippen molar-refractivity contribution in [3.05, 3.63) is 30.1 Å². The molecule has 0 amide bonds. The monoisotopic (exact) mass is 209 g/mol. The van der Waals surface area contributed by atoms with Gasteiger partial charge < -0.3 is 10.5 Å². The van der Waals surface area contributed by atoms with Crippen molar-refractivity contribution in [3.63, 3.8) is 0 Å². The Morgan fingerprint density at radius 3 is 2.53 bits per heavy atom. The van der Waals surface area contributed by atoms with E-state index in [0.717, 1.165) is 0 Å². The molecular weight excluding hydrogens is 201 g/mol. The number of nitrogens with one attached hydrogen (secondary N) is 1. The quantitative estimate of drug-likeness (QED) is 0.587. The van der Waals surface area contributed by atoms with Gasteiger partial charge in [-0.1, -0.05) is 0 Å². The lowest BCUT2D eigenvalue weighted by Crippen LogP contribution is -2.17. The molecule has 0 fully saturated rings. The number of halogens is 1. The number of benzene rings is 1. The molecule has 1 aromatic rings. The van der Waals surface area contributed by atoms with Crippen LogP contribution in [0.4, 0.5) is 10.1 Å². The van der Waals surface area contributed by atoms with Gasteiger partial charge in [-0.25, -0.2) is 9.18 Å². The van der Waals surface area contributed by atoms with Crippen LogP contribution in [0.15, 0.2) is 34.5 Å². The predicted octanol–water partition coefficient (Wildman–Crippen LogP) is 2.01. The second-order valence-electron chi connectivity index (χ2n) is 2.64. The molecule has 0 bridgehead atoms. The first-order valence-electron chi connectivity index (χ1n) is 4.03. The molecule has 2 N–H and O–H groups in total. The first-order valence-corrected chi connectivity index (χ1v) is 4.03. The average Bonchev–Trinajstić information content (AvgIpc) is 2.21. The van der Waals surface area contributed by atoms with E-state index in [9.17, 15) is 9.18 Å². The summed E-state index contributed by atoms with van der Waals surface area (Å²) in [5.41, 5.74) is 0.338. The van der Waals surface area contributed by atoms with Crippen LogP contribution in [0.3, 0.4) is 0 Å². The molecule has 1 rings (SSSR count). The van der Waals surface area contributed by atoms with Gasteiger partial charge in [0.2, 0.25) is 6.04 Å². The van der Waals surface area contributed by atoms with Gasteiger partial charge in [-0.15, -0.1) is 0 Å². The molecule has 0 heterocycles. The fourth-order valence-electron chi connectivity index (χ4n) is 0.791. The Hall–Kier alpha value is -2.11. The van der Waals surface area contributed by atoms with Gasteiger partial charge in [-0.3, -0.25) is 0 Å². The predicted molar refractivity (Wildman–Crippen MR) is 51.1 cm³/mol. The number of carbonyl (C=O) groups is 1. The summed E-state index contributed by atoms with van der Waals surface area (Å²) in [6.07, 6.45) is 0.662. The molecule has 0 spiro atoms. The summed E-state index contributed by atoms with van der Waals surface area (Å²) in [7, 11) is 0. The van der Waals surface area contributed by atoms with Crippen LogP contribution in [0.2, 0.25) is 0 Å². The van der Waals surface area contributed by atoms with Crippen LogP contribution in [0.1, 0.15) is 0 Å². The fraction of sp³-hybridized carbons (Fsp3) is 0.111. The number of aliphatic carboxylic acids is 1. The van der Waals surface area contributed by atoms with E-state index >= 15 is 0 Å². The third-order valence-electron chi connectivity index (χ3n) is 1.54. The van der Waals surface area contributed by atoms with Gasteiger partial charge in [-0.2, -0.15) is 10.2 Å². The van der Waals surface area contributed by atoms with Crippen molar-refractivity contribution >= 4 is 17.9 Å². The zero-order chi connectivity index (χ0) is 11.3. The van der Waals surface area contributed by atoms with E-state index in [2.05, 4.69) is 10.2 Å². The van der Waals surface area contributed by atoms with Crippen molar-refractivity contribution in [1.29, 1.82) is 5.41 Å². The third-order valence-corrected chi connectivity index (χ3v) is 1.54. The summed E-state index contributed by atoms with van der Waals surface area (Å²) in [6, 6.07) is 3.81. The highest BCUT2D eigenvalue weighted by atomic mass is 19.1. The fourth-order valence-corrected chi connectivity index (χ4v) is 0.791. The second-order valence-corrected chi connectivity index (χ2v) is 2.64. The average molecular weight is 209 g/mol. The summed E-state index contributed by atoms with van der Waals surface area (Å²) in [4.78, 5) is 10.4. The maximum atomic E-state index is 12.5. The van der Waals surface area contributed by atoms with E-state index in [0.29, 0.717) is 11.9 Å². The van der Waals surface area contributed by atoms with Crippen LogP contribution in [0.25, 0.3) is 0 Å². The number of azo groups is 1. The first-order chi connectivity index (χ1) is 7.13. The van der Waals surface area contributed by atoms with E-state index in [-0.39, 0.29) is 0 Å². The molecule has 15 heavy (non-hydrogen) atoms. The Balaban J connectivity index is 2.76. The van der Waals surface area contributed by atoms with Crippen LogP contribution in [-0.2, 0) is 4.79 Å². The molecule has 0 aliphatic heterocycles. The molecule has 78 valence electrons. The van der Waals surface area contributed by atoms with E-state index in [1.165, 1.54) is 24.3 Å². The molecule has 0 aliphatic rings. The Morgan fingerprint density at radius 1 is 1.47 bits per heavy atom. The third kappa shape index (κ3) is 3.26. The van der Waals surface area contributed by atoms with Gasteiger partial charge in [0, 0.05) is 6.21 Å². The lowest BCUT2D eigenvalue weighted by Gasteiger charge is -1.96. The molecule has 5 nitrogen and oxygen atoms in total. The van der Waals surface area contributed by atoms with E-state index in [1.807, 2.05) is 0 Å². The van der Waals surface area contributed by atoms with Crippen LogP contribution < -0.4 is 0 Å². The number of hydrogen-bond acceptors (Lipinski definition) is 4. The summed E-state index contributed by atoms with van der Waals surface area (Å²) in [6.45, 7) is 0. The zero-order valence-electron chi connectivity index (χ0n) is 7.59. The van der Waals surface area contributed by atoms with Crippen molar-refractivity contribution in [1.82, 2.24) is 0 Å². The SMILES string of the molecule is N=CC(N=Nc1ccc(F)cc1)C(=O)O. The van der Waals surface area contributed by atoms with Crippen molar-refractivity contribution in [2.45, 2.75) is 6.04 Å². The van der Waals surface area contributed by atoms with Gasteiger partial charge in [0.25, 0.3) is 0 Å². The van der Waals surface area contributed by atoms with Gasteiger partial charge in [-0.05, 0) is 24.3 Å². The minimum absolute atomic E-state index is 0.338. The first kappa shape index (κ1) is 11.0. The number of hydrogen-bond donors (Lipinski definition) is 2. The van der Waals surface area contributed by atoms with Gasteiger partial charge in [0.1, 0.15) is 5.82 Å². The highest BCUT2D eigenvalue weighted by Gasteiger charge is 2.11. The van der Waals surface area contributed by atoms with Crippen molar-refractivity contribution in [2.75, 3.05) is 0 Å². The van der Waals surface area contributed by atoms with Crippen molar-refractivity contribution in [2.24, 2.45) is 10.2 Å². The molecule has 0 saturated carbocycles. The molecular formula is C9H8FN3O2. The molecule has 6 heteroatoms. The maximum absolute atomic E-state index is 12.5. The molecule has 0 aliphatic carbocycles. The lowest BCUT2D eigenvalue weighted by atomic mass is 10.3. The highest BCUT2D eigenvalue weighted by molar-refractivity contribution is 5.91. The normalized spacial score (nSPS) is 12.6. The van der Waals surface area contributed by atoms with Gasteiger partial charge in [0.05, 0.1) is 5.69 Å². The Morgan fingerprint density at radius 2 is 2.07 bits per heavy atom. The van der Waals surface area contributed by atoms with Crippen LogP contribution in [0.5, 0.6) is 0 Å². The molecule has 1 atom stereocenters. The van der Waals surface area contributed by atoms with Crippen molar-refractivity contribution < 1.29 is 14.3 Å². The zero-order valence-corrected chi connectivity index (χ0v) is 7.59. The highest BCUT2D eigenvalue weighted by Crippen LogP contribution is 2.12. The number of carboxylic acid groups (broad SMARTS) is 1. The van der Waals surface area contributed by atoms with Gasteiger partial charge in [0.15, 0.2) is 0 Å². The Bertz CT molecular complexity index is 389. The van der Waals surface area contributed by atoms with E-state index in [4.69, 9.17) is 10.5 Å². The van der Waals surface area contributed by atoms with Crippen molar-refractivity contribution in [3.8, 4) is 0 Å². The molecule has 1 unspecified atom stereocenters. The minimum Gasteiger partial charge on any atom is -0.479 e. The van der Waals surface area contributed by atoms with E-state index < -0.39 is 17.8 Å².